The second-order valence-electron chi connectivity index (χ2n) is 9.36. The highest BCUT2D eigenvalue weighted by atomic mass is 32.2. The van der Waals surface area contributed by atoms with Gasteiger partial charge in [0.05, 0.1) is 11.8 Å². The van der Waals surface area contributed by atoms with Crippen molar-refractivity contribution in [1.82, 2.24) is 24.1 Å². The molecule has 2 N–H and O–H groups in total. The van der Waals surface area contributed by atoms with E-state index in [9.17, 15) is 18.0 Å². The van der Waals surface area contributed by atoms with Crippen LogP contribution >= 0.6 is 0 Å². The zero-order chi connectivity index (χ0) is 23.0. The summed E-state index contributed by atoms with van der Waals surface area (Å²) in [6, 6.07) is 6.19. The van der Waals surface area contributed by atoms with Gasteiger partial charge >= 0.3 is 0 Å². The van der Waals surface area contributed by atoms with Gasteiger partial charge in [0.25, 0.3) is 11.5 Å². The predicted molar refractivity (Wildman–Crippen MR) is 124 cm³/mol. The summed E-state index contributed by atoms with van der Waals surface area (Å²) in [6.45, 7) is 5.16. The monoisotopic (exact) mass is 463 g/mol. The van der Waals surface area contributed by atoms with Crippen molar-refractivity contribution in [3.05, 3.63) is 40.3 Å². The van der Waals surface area contributed by atoms with Crippen molar-refractivity contribution in [2.24, 2.45) is 0 Å². The SMILES string of the molecule is CC(C)n1c(=O)c(C(=O)NC2CC3CCC(C2)N3CCCNS(C)(=O)=O)cc2cccn21. The summed E-state index contributed by atoms with van der Waals surface area (Å²) in [7, 11) is -3.15. The number of rotatable bonds is 8. The van der Waals surface area contributed by atoms with Crippen molar-refractivity contribution in [1.29, 1.82) is 0 Å². The molecule has 0 aliphatic carbocycles. The van der Waals surface area contributed by atoms with Gasteiger partial charge < -0.3 is 5.32 Å². The van der Waals surface area contributed by atoms with Gasteiger partial charge in [-0.25, -0.2) is 17.8 Å². The third-order valence-corrected chi connectivity index (χ3v) is 7.36. The predicted octanol–water partition coefficient (Wildman–Crippen LogP) is 1.35. The Morgan fingerprint density at radius 1 is 1.22 bits per heavy atom. The molecule has 32 heavy (non-hydrogen) atoms. The second kappa shape index (κ2) is 8.99. The number of hydrogen-bond acceptors (Lipinski definition) is 5. The van der Waals surface area contributed by atoms with Crippen LogP contribution in [0, 0.1) is 0 Å². The standard InChI is InChI=1S/C22H33N5O4S/c1-15(2)27-22(29)20(14-19-6-4-11-26(19)27)21(28)24-16-12-17-7-8-18(13-16)25(17)10-5-9-23-32(3,30)31/h4,6,11,14-18,23H,5,7-10,12-13H2,1-3H3,(H,24,28). The normalized spacial score (nSPS) is 23.8. The zero-order valence-electron chi connectivity index (χ0n) is 19.0. The van der Waals surface area contributed by atoms with Crippen LogP contribution in [0.2, 0.25) is 0 Å². The van der Waals surface area contributed by atoms with Gasteiger partial charge in [-0.3, -0.25) is 19.0 Å². The third kappa shape index (κ3) is 4.77. The molecule has 2 bridgehead atoms. The van der Waals surface area contributed by atoms with Crippen LogP contribution in [0.4, 0.5) is 0 Å². The number of amides is 1. The minimum Gasteiger partial charge on any atom is -0.349 e. The second-order valence-corrected chi connectivity index (χ2v) is 11.2. The van der Waals surface area contributed by atoms with Crippen molar-refractivity contribution in [2.75, 3.05) is 19.3 Å². The lowest BCUT2D eigenvalue weighted by Gasteiger charge is -2.39. The molecule has 2 fully saturated rings. The number of sulfonamides is 1. The molecule has 0 saturated carbocycles. The molecule has 1 amide bonds. The van der Waals surface area contributed by atoms with Gasteiger partial charge in [0, 0.05) is 36.9 Å². The molecule has 4 rings (SSSR count). The first kappa shape index (κ1) is 23.0. The number of nitrogens with zero attached hydrogens (tertiary/aromatic N) is 3. The maximum absolute atomic E-state index is 13.1. The number of carbonyl (C=O) groups is 1. The number of nitrogens with one attached hydrogen (secondary N) is 2. The molecule has 2 unspecified atom stereocenters. The van der Waals surface area contributed by atoms with E-state index in [1.54, 1.807) is 15.3 Å². The molecule has 9 nitrogen and oxygen atoms in total. The molecular weight excluding hydrogens is 430 g/mol. The molecule has 2 aromatic heterocycles. The van der Waals surface area contributed by atoms with E-state index >= 15 is 0 Å². The highest BCUT2D eigenvalue weighted by molar-refractivity contribution is 7.88. The first-order valence-electron chi connectivity index (χ1n) is 11.4. The fourth-order valence-corrected chi connectivity index (χ4v) is 5.83. The molecule has 2 atom stereocenters. The Balaban J connectivity index is 1.41. The van der Waals surface area contributed by atoms with E-state index in [0.717, 1.165) is 44.2 Å². The number of fused-ring (bicyclic) bond motifs is 3. The number of aromatic nitrogens is 2. The largest absolute Gasteiger partial charge is 0.349 e. The molecule has 10 heteroatoms. The van der Waals surface area contributed by atoms with Gasteiger partial charge in [0.2, 0.25) is 10.0 Å². The fourth-order valence-electron chi connectivity index (χ4n) is 5.31. The van der Waals surface area contributed by atoms with Crippen LogP contribution < -0.4 is 15.6 Å². The van der Waals surface area contributed by atoms with Crippen molar-refractivity contribution >= 4 is 21.4 Å². The van der Waals surface area contributed by atoms with Crippen LogP contribution in [-0.2, 0) is 10.0 Å². The van der Waals surface area contributed by atoms with Crippen LogP contribution in [0.1, 0.15) is 62.4 Å². The summed E-state index contributed by atoms with van der Waals surface area (Å²) in [4.78, 5) is 28.6. The zero-order valence-corrected chi connectivity index (χ0v) is 19.8. The van der Waals surface area contributed by atoms with Gasteiger partial charge in [0.1, 0.15) is 5.56 Å². The van der Waals surface area contributed by atoms with E-state index in [0.29, 0.717) is 18.6 Å². The van der Waals surface area contributed by atoms with E-state index in [1.165, 1.54) is 6.26 Å². The van der Waals surface area contributed by atoms with Crippen LogP contribution in [0.25, 0.3) is 5.52 Å². The average molecular weight is 464 g/mol. The van der Waals surface area contributed by atoms with Crippen LogP contribution in [0.5, 0.6) is 0 Å². The summed E-state index contributed by atoms with van der Waals surface area (Å²) in [6.07, 6.45) is 7.66. The van der Waals surface area contributed by atoms with Gasteiger partial charge in [-0.1, -0.05) is 0 Å². The van der Waals surface area contributed by atoms with E-state index in [-0.39, 0.29) is 29.1 Å². The minimum atomic E-state index is -3.15. The van der Waals surface area contributed by atoms with Crippen LogP contribution in [0.3, 0.4) is 0 Å². The Bertz CT molecular complexity index is 1140. The first-order chi connectivity index (χ1) is 15.1. The summed E-state index contributed by atoms with van der Waals surface area (Å²) >= 11 is 0. The topological polar surface area (TPSA) is 105 Å². The Morgan fingerprint density at radius 2 is 1.91 bits per heavy atom. The summed E-state index contributed by atoms with van der Waals surface area (Å²) in [5.41, 5.74) is 0.729. The highest BCUT2D eigenvalue weighted by Crippen LogP contribution is 2.35. The average Bonchev–Trinajstić information content (AvgIpc) is 3.25. The van der Waals surface area contributed by atoms with Crippen molar-refractivity contribution in [3.63, 3.8) is 0 Å². The summed E-state index contributed by atoms with van der Waals surface area (Å²) < 4.78 is 28.4. The molecule has 176 valence electrons. The van der Waals surface area contributed by atoms with Crippen LogP contribution in [0.15, 0.2) is 29.2 Å². The molecule has 2 aliphatic heterocycles. The smallest absolute Gasteiger partial charge is 0.278 e. The summed E-state index contributed by atoms with van der Waals surface area (Å²) in [5.74, 6) is -0.302. The van der Waals surface area contributed by atoms with Crippen molar-refractivity contribution < 1.29 is 13.2 Å². The van der Waals surface area contributed by atoms with Gasteiger partial charge in [-0.2, -0.15) is 0 Å². The molecule has 0 aromatic carbocycles. The lowest BCUT2D eigenvalue weighted by atomic mass is 9.96. The maximum atomic E-state index is 13.1. The number of carbonyl (C=O) groups excluding carboxylic acids is 1. The number of piperidine rings is 1. The lowest BCUT2D eigenvalue weighted by molar-refractivity contribution is 0.0842. The first-order valence-corrected chi connectivity index (χ1v) is 13.3. The highest BCUT2D eigenvalue weighted by Gasteiger charge is 2.40. The Hall–Kier alpha value is -2.17. The molecular formula is C22H33N5O4S. The molecule has 0 radical (unpaired) electrons. The van der Waals surface area contributed by atoms with Gasteiger partial charge in [-0.05, 0) is 70.7 Å². The van der Waals surface area contributed by atoms with Gasteiger partial charge in [-0.15, -0.1) is 0 Å². The summed E-state index contributed by atoms with van der Waals surface area (Å²) in [5, 5.41) is 3.13. The minimum absolute atomic E-state index is 0.0420. The molecule has 0 spiro atoms. The van der Waals surface area contributed by atoms with Crippen LogP contribution in [-0.4, -0.2) is 65.9 Å². The molecule has 2 aliphatic rings. The lowest BCUT2D eigenvalue weighted by Crippen LogP contribution is -2.51. The Labute approximate surface area is 188 Å². The number of hydrogen-bond donors (Lipinski definition) is 2. The fraction of sp³-hybridized carbons (Fsp3) is 0.636. The maximum Gasteiger partial charge on any atom is 0.278 e. The van der Waals surface area contributed by atoms with Gasteiger partial charge in [0.15, 0.2) is 0 Å². The van der Waals surface area contributed by atoms with E-state index < -0.39 is 10.0 Å². The van der Waals surface area contributed by atoms with E-state index in [4.69, 9.17) is 0 Å². The van der Waals surface area contributed by atoms with E-state index in [2.05, 4.69) is 14.9 Å². The van der Waals surface area contributed by atoms with Crippen molar-refractivity contribution in [2.45, 2.75) is 70.1 Å². The van der Waals surface area contributed by atoms with E-state index in [1.807, 2.05) is 32.2 Å². The quantitative estimate of drug-likeness (QED) is 0.575. The Morgan fingerprint density at radius 3 is 2.53 bits per heavy atom. The van der Waals surface area contributed by atoms with Crippen molar-refractivity contribution in [3.8, 4) is 0 Å². The third-order valence-electron chi connectivity index (χ3n) is 6.63. The Kier molecular flexibility index (Phi) is 6.46. The molecule has 2 aromatic rings. The molecule has 2 saturated heterocycles. The molecule has 4 heterocycles.